The lowest BCUT2D eigenvalue weighted by Crippen LogP contribution is -2.55. The lowest BCUT2D eigenvalue weighted by atomic mass is 10.0. The van der Waals surface area contributed by atoms with E-state index in [4.69, 9.17) is 10.8 Å². The molecule has 198 valence electrons. The highest BCUT2D eigenvalue weighted by Crippen LogP contribution is 2.18. The number of carbonyl (C=O) groups is 6. The van der Waals surface area contributed by atoms with E-state index >= 15 is 0 Å². The standard InChI is InChI=1S/C22H38N6O7/c1-11(2)17(20(32)25-10-16(30)27-18(12(3)4)22(34)35)26-15(29)9-24-19(31)14-7-6-8-28(14)21(33)13(5)23/h11-14,17-18H,6-10,23H2,1-5H3,(H,24,31)(H,25,32)(H,26,29)(H,27,30)(H,34,35)/t13-,14-,17-,18-/m0/s1. The molecule has 0 aromatic carbocycles. The summed E-state index contributed by atoms with van der Waals surface area (Å²) in [5.41, 5.74) is 5.63. The molecule has 1 saturated heterocycles. The summed E-state index contributed by atoms with van der Waals surface area (Å²) in [6, 6.07) is -3.53. The maximum absolute atomic E-state index is 12.5. The number of nitrogens with zero attached hydrogens (tertiary/aromatic N) is 1. The van der Waals surface area contributed by atoms with Gasteiger partial charge in [0.25, 0.3) is 0 Å². The molecule has 1 aliphatic heterocycles. The molecule has 0 saturated carbocycles. The van der Waals surface area contributed by atoms with E-state index in [-0.39, 0.29) is 17.7 Å². The highest BCUT2D eigenvalue weighted by molar-refractivity contribution is 5.94. The van der Waals surface area contributed by atoms with Gasteiger partial charge in [-0.2, -0.15) is 0 Å². The lowest BCUT2D eigenvalue weighted by Gasteiger charge is -2.26. The summed E-state index contributed by atoms with van der Waals surface area (Å²) in [4.78, 5) is 74.3. The Hall–Kier alpha value is -3.22. The molecule has 0 bridgehead atoms. The van der Waals surface area contributed by atoms with Crippen LogP contribution in [0.4, 0.5) is 0 Å². The number of carboxylic acid groups (broad SMARTS) is 1. The SMILES string of the molecule is CC(C)[C@H](NC(=O)CNC(=O)[C@@H](NC(=O)CNC(=O)[C@@H]1CCCN1C(=O)[C@H](C)N)C(C)C)C(=O)O. The summed E-state index contributed by atoms with van der Waals surface area (Å²) in [6.07, 6.45) is 1.11. The molecule has 7 N–H and O–H groups in total. The normalized spacial score (nSPS) is 17.9. The Bertz CT molecular complexity index is 814. The van der Waals surface area contributed by atoms with Gasteiger partial charge in [-0.1, -0.05) is 27.7 Å². The van der Waals surface area contributed by atoms with Crippen LogP contribution in [0.25, 0.3) is 0 Å². The molecule has 0 unspecified atom stereocenters. The van der Waals surface area contributed by atoms with Gasteiger partial charge >= 0.3 is 5.97 Å². The van der Waals surface area contributed by atoms with Crippen LogP contribution in [-0.4, -0.2) is 89.3 Å². The van der Waals surface area contributed by atoms with E-state index in [1.54, 1.807) is 34.6 Å². The van der Waals surface area contributed by atoms with E-state index < -0.39 is 66.9 Å². The summed E-state index contributed by atoms with van der Waals surface area (Å²) in [5.74, 6) is -4.61. The number of rotatable bonds is 12. The second kappa shape index (κ2) is 13.6. The zero-order chi connectivity index (χ0) is 26.9. The monoisotopic (exact) mass is 498 g/mol. The van der Waals surface area contributed by atoms with Gasteiger partial charge in [0.1, 0.15) is 18.1 Å². The maximum Gasteiger partial charge on any atom is 0.326 e. The van der Waals surface area contributed by atoms with Crippen LogP contribution in [0.15, 0.2) is 0 Å². The molecule has 1 rings (SSSR count). The topological polar surface area (TPSA) is 200 Å². The maximum atomic E-state index is 12.5. The third-order valence-electron chi connectivity index (χ3n) is 5.59. The van der Waals surface area contributed by atoms with Gasteiger partial charge in [-0.25, -0.2) is 4.79 Å². The second-order valence-electron chi connectivity index (χ2n) is 9.33. The number of nitrogens with two attached hydrogens (primary N) is 1. The third-order valence-corrected chi connectivity index (χ3v) is 5.59. The fourth-order valence-electron chi connectivity index (χ4n) is 3.62. The molecule has 5 amide bonds. The molecule has 0 aliphatic carbocycles. The highest BCUT2D eigenvalue weighted by atomic mass is 16.4. The smallest absolute Gasteiger partial charge is 0.326 e. The quantitative estimate of drug-likeness (QED) is 0.176. The van der Waals surface area contributed by atoms with E-state index in [9.17, 15) is 28.8 Å². The van der Waals surface area contributed by atoms with Crippen molar-refractivity contribution < 1.29 is 33.9 Å². The van der Waals surface area contributed by atoms with Gasteiger partial charge in [0.2, 0.25) is 29.5 Å². The van der Waals surface area contributed by atoms with Gasteiger partial charge in [-0.15, -0.1) is 0 Å². The molecule has 13 nitrogen and oxygen atoms in total. The minimum atomic E-state index is -1.18. The summed E-state index contributed by atoms with van der Waals surface area (Å²) >= 11 is 0. The second-order valence-corrected chi connectivity index (χ2v) is 9.33. The van der Waals surface area contributed by atoms with Gasteiger partial charge in [-0.05, 0) is 31.6 Å². The number of carbonyl (C=O) groups excluding carboxylic acids is 5. The molecular weight excluding hydrogens is 460 g/mol. The molecule has 0 aromatic rings. The van der Waals surface area contributed by atoms with Crippen LogP contribution in [0.3, 0.4) is 0 Å². The Balaban J connectivity index is 2.59. The number of hydrogen-bond donors (Lipinski definition) is 6. The van der Waals surface area contributed by atoms with Crippen LogP contribution in [0, 0.1) is 11.8 Å². The Morgan fingerprint density at radius 1 is 0.886 bits per heavy atom. The highest BCUT2D eigenvalue weighted by Gasteiger charge is 2.35. The average molecular weight is 499 g/mol. The first kappa shape index (κ1) is 29.8. The van der Waals surface area contributed by atoms with Gasteiger partial charge < -0.3 is 37.0 Å². The zero-order valence-corrected chi connectivity index (χ0v) is 20.9. The molecule has 35 heavy (non-hydrogen) atoms. The molecule has 4 atom stereocenters. The third kappa shape index (κ3) is 9.15. The Morgan fingerprint density at radius 3 is 1.89 bits per heavy atom. The van der Waals surface area contributed by atoms with Crippen LogP contribution >= 0.6 is 0 Å². The fraction of sp³-hybridized carbons (Fsp3) is 0.727. The number of nitrogens with one attached hydrogen (secondary N) is 4. The number of amides is 5. The largest absolute Gasteiger partial charge is 0.480 e. The van der Waals surface area contributed by atoms with Crippen LogP contribution in [0.5, 0.6) is 0 Å². The van der Waals surface area contributed by atoms with E-state index in [2.05, 4.69) is 21.3 Å². The molecule has 1 fully saturated rings. The van der Waals surface area contributed by atoms with E-state index in [0.29, 0.717) is 19.4 Å². The lowest BCUT2D eigenvalue weighted by molar-refractivity contribution is -0.143. The van der Waals surface area contributed by atoms with E-state index in [1.807, 2.05) is 0 Å². The first-order chi connectivity index (χ1) is 16.3. The van der Waals surface area contributed by atoms with Crippen molar-refractivity contribution in [3.63, 3.8) is 0 Å². The van der Waals surface area contributed by atoms with Crippen molar-refractivity contribution in [1.82, 2.24) is 26.2 Å². The van der Waals surface area contributed by atoms with Crippen molar-refractivity contribution in [1.29, 1.82) is 0 Å². The minimum Gasteiger partial charge on any atom is -0.480 e. The first-order valence-corrected chi connectivity index (χ1v) is 11.7. The number of aliphatic carboxylic acids is 1. The summed E-state index contributed by atoms with van der Waals surface area (Å²) in [5, 5.41) is 18.9. The summed E-state index contributed by atoms with van der Waals surface area (Å²) < 4.78 is 0. The molecule has 13 heteroatoms. The summed E-state index contributed by atoms with van der Waals surface area (Å²) in [7, 11) is 0. The van der Waals surface area contributed by atoms with Crippen molar-refractivity contribution in [3.05, 3.63) is 0 Å². The van der Waals surface area contributed by atoms with E-state index in [1.165, 1.54) is 4.90 Å². The number of hydrogen-bond acceptors (Lipinski definition) is 7. The van der Waals surface area contributed by atoms with Crippen molar-refractivity contribution in [2.45, 2.75) is 71.6 Å². The fourth-order valence-corrected chi connectivity index (χ4v) is 3.62. The molecular formula is C22H38N6O7. The molecule has 0 spiro atoms. The van der Waals surface area contributed by atoms with Crippen molar-refractivity contribution >= 4 is 35.5 Å². The van der Waals surface area contributed by atoms with Crippen molar-refractivity contribution in [2.75, 3.05) is 19.6 Å². The first-order valence-electron chi connectivity index (χ1n) is 11.7. The number of carboxylic acids is 1. The Morgan fingerprint density at radius 2 is 1.40 bits per heavy atom. The van der Waals surface area contributed by atoms with Crippen molar-refractivity contribution in [3.8, 4) is 0 Å². The Kier molecular flexibility index (Phi) is 11.6. The number of likely N-dealkylation sites (tertiary alicyclic amines) is 1. The van der Waals surface area contributed by atoms with Gasteiger partial charge in [0, 0.05) is 6.54 Å². The molecule has 1 aliphatic rings. The molecule has 0 radical (unpaired) electrons. The zero-order valence-electron chi connectivity index (χ0n) is 20.9. The minimum absolute atomic E-state index is 0.337. The molecule has 1 heterocycles. The van der Waals surface area contributed by atoms with E-state index in [0.717, 1.165) is 0 Å². The van der Waals surface area contributed by atoms with Crippen LogP contribution in [-0.2, 0) is 28.8 Å². The van der Waals surface area contributed by atoms with Gasteiger partial charge in [-0.3, -0.25) is 24.0 Å². The molecule has 0 aromatic heterocycles. The van der Waals surface area contributed by atoms with Crippen molar-refractivity contribution in [2.24, 2.45) is 17.6 Å². The Labute approximate surface area is 204 Å². The summed E-state index contributed by atoms with van der Waals surface area (Å²) in [6.45, 7) is 7.76. The predicted molar refractivity (Wildman–Crippen MR) is 126 cm³/mol. The van der Waals surface area contributed by atoms with Crippen LogP contribution in [0.1, 0.15) is 47.5 Å². The van der Waals surface area contributed by atoms with Crippen LogP contribution in [0.2, 0.25) is 0 Å². The van der Waals surface area contributed by atoms with Gasteiger partial charge in [0.15, 0.2) is 0 Å². The van der Waals surface area contributed by atoms with Crippen LogP contribution < -0.4 is 27.0 Å². The van der Waals surface area contributed by atoms with Gasteiger partial charge in [0.05, 0.1) is 19.1 Å². The average Bonchev–Trinajstić information content (AvgIpc) is 3.26. The predicted octanol–water partition coefficient (Wildman–Crippen LogP) is -2.08.